The molecule has 0 aliphatic carbocycles. The van der Waals surface area contributed by atoms with Gasteiger partial charge in [0.15, 0.2) is 11.4 Å². The molecule has 0 radical (unpaired) electrons. The molecule has 154 valence electrons. The van der Waals surface area contributed by atoms with Crippen LogP contribution in [0, 0.1) is 13.8 Å². The molecule has 3 aromatic rings. The maximum absolute atomic E-state index is 13.6. The summed E-state index contributed by atoms with van der Waals surface area (Å²) >= 11 is 0. The van der Waals surface area contributed by atoms with Gasteiger partial charge in [-0.05, 0) is 38.0 Å². The van der Waals surface area contributed by atoms with Crippen molar-refractivity contribution >= 4 is 11.8 Å². The Kier molecular flexibility index (Phi) is 6.37. The molecule has 2 N–H and O–H groups in total. The Labute approximate surface area is 176 Å². The number of carbonyl (C=O) groups is 2. The number of aromatic nitrogens is 2. The fourth-order valence-electron chi connectivity index (χ4n) is 3.56. The Morgan fingerprint density at radius 1 is 0.900 bits per heavy atom. The van der Waals surface area contributed by atoms with E-state index in [0.29, 0.717) is 11.4 Å². The van der Waals surface area contributed by atoms with Crippen LogP contribution >= 0.6 is 0 Å². The van der Waals surface area contributed by atoms with Crippen molar-refractivity contribution in [3.63, 3.8) is 0 Å². The van der Waals surface area contributed by atoms with Crippen LogP contribution in [-0.4, -0.2) is 21.8 Å². The minimum atomic E-state index is -1.46. The van der Waals surface area contributed by atoms with Crippen molar-refractivity contribution < 1.29 is 9.59 Å². The van der Waals surface area contributed by atoms with Crippen LogP contribution < -0.4 is 10.6 Å². The lowest BCUT2D eigenvalue weighted by Gasteiger charge is -2.35. The molecular formula is C24H26N4O2. The van der Waals surface area contributed by atoms with Crippen molar-refractivity contribution in [2.24, 2.45) is 0 Å². The number of hydrogen-bond donors (Lipinski definition) is 2. The third kappa shape index (κ3) is 4.44. The zero-order chi connectivity index (χ0) is 21.7. The van der Waals surface area contributed by atoms with Gasteiger partial charge in [0.1, 0.15) is 0 Å². The molecule has 2 aromatic carbocycles. The van der Waals surface area contributed by atoms with Gasteiger partial charge in [-0.15, -0.1) is 0 Å². The summed E-state index contributed by atoms with van der Waals surface area (Å²) in [5.74, 6) is -0.666. The topological polar surface area (TPSA) is 84.0 Å². The lowest BCUT2D eigenvalue weighted by molar-refractivity contribution is -0.133. The van der Waals surface area contributed by atoms with Gasteiger partial charge in [0, 0.05) is 24.4 Å². The summed E-state index contributed by atoms with van der Waals surface area (Å²) in [4.78, 5) is 34.7. The van der Waals surface area contributed by atoms with Crippen LogP contribution in [0.2, 0.25) is 0 Å². The van der Waals surface area contributed by atoms with Gasteiger partial charge < -0.3 is 0 Å². The van der Waals surface area contributed by atoms with Gasteiger partial charge in [-0.3, -0.25) is 20.2 Å². The molecule has 0 unspecified atom stereocenters. The molecule has 0 saturated heterocycles. The highest BCUT2D eigenvalue weighted by Gasteiger charge is 2.46. The van der Waals surface area contributed by atoms with E-state index in [-0.39, 0.29) is 6.04 Å². The molecular weight excluding hydrogens is 376 g/mol. The zero-order valence-corrected chi connectivity index (χ0v) is 17.6. The van der Waals surface area contributed by atoms with Crippen molar-refractivity contribution in [3.05, 3.63) is 95.1 Å². The minimum Gasteiger partial charge on any atom is -0.294 e. The second kappa shape index (κ2) is 8.97. The van der Waals surface area contributed by atoms with Crippen LogP contribution in [0.5, 0.6) is 0 Å². The Morgan fingerprint density at radius 3 is 1.97 bits per heavy atom. The number of carbonyl (C=O) groups excluding carboxylic acids is 2. The monoisotopic (exact) mass is 402 g/mol. The molecule has 1 aromatic heterocycles. The van der Waals surface area contributed by atoms with Gasteiger partial charge in [0.25, 0.3) is 5.91 Å². The first-order valence-corrected chi connectivity index (χ1v) is 9.86. The van der Waals surface area contributed by atoms with E-state index < -0.39 is 17.4 Å². The summed E-state index contributed by atoms with van der Waals surface area (Å²) < 4.78 is 0. The Morgan fingerprint density at radius 2 is 1.43 bits per heavy atom. The Balaban J connectivity index is 2.25. The van der Waals surface area contributed by atoms with Crippen LogP contribution in [0.4, 0.5) is 0 Å². The van der Waals surface area contributed by atoms with Crippen LogP contribution in [0.3, 0.4) is 0 Å². The smallest absolute Gasteiger partial charge is 0.259 e. The predicted octanol–water partition coefficient (Wildman–Crippen LogP) is 3.35. The predicted molar refractivity (Wildman–Crippen MR) is 116 cm³/mol. The maximum atomic E-state index is 13.6. The molecule has 2 atom stereocenters. The largest absolute Gasteiger partial charge is 0.294 e. The summed E-state index contributed by atoms with van der Waals surface area (Å²) in [7, 11) is 0. The van der Waals surface area contributed by atoms with E-state index in [4.69, 9.17) is 0 Å². The molecule has 0 bridgehead atoms. The van der Waals surface area contributed by atoms with Crippen LogP contribution in [0.1, 0.15) is 48.2 Å². The van der Waals surface area contributed by atoms with Gasteiger partial charge in [0.05, 0.1) is 0 Å². The second-order valence-corrected chi connectivity index (χ2v) is 7.38. The van der Waals surface area contributed by atoms with Gasteiger partial charge in [-0.1, -0.05) is 60.7 Å². The number of imide groups is 1. The zero-order valence-electron chi connectivity index (χ0n) is 17.6. The summed E-state index contributed by atoms with van der Waals surface area (Å²) in [5.41, 5.74) is 1.67. The number of rotatable bonds is 6. The highest BCUT2D eigenvalue weighted by atomic mass is 16.2. The number of nitrogens with zero attached hydrogens (tertiary/aromatic N) is 2. The van der Waals surface area contributed by atoms with Gasteiger partial charge in [0.2, 0.25) is 5.91 Å². The number of aryl methyl sites for hydroxylation is 2. The summed E-state index contributed by atoms with van der Waals surface area (Å²) in [6.45, 7) is 7.00. The van der Waals surface area contributed by atoms with E-state index in [1.165, 1.54) is 6.92 Å². The molecule has 0 spiro atoms. The fourth-order valence-corrected chi connectivity index (χ4v) is 3.56. The van der Waals surface area contributed by atoms with Crippen molar-refractivity contribution in [2.45, 2.75) is 39.3 Å². The van der Waals surface area contributed by atoms with Crippen molar-refractivity contribution in [1.29, 1.82) is 0 Å². The Hall–Kier alpha value is -3.38. The summed E-state index contributed by atoms with van der Waals surface area (Å²) in [6, 6.07) is 20.7. The third-order valence-corrected chi connectivity index (χ3v) is 4.89. The highest BCUT2D eigenvalue weighted by molar-refractivity contribution is 6.01. The lowest BCUT2D eigenvalue weighted by Crippen LogP contribution is -2.57. The minimum absolute atomic E-state index is 0.228. The van der Waals surface area contributed by atoms with Gasteiger partial charge in [-0.2, -0.15) is 0 Å². The highest BCUT2D eigenvalue weighted by Crippen LogP contribution is 2.31. The summed E-state index contributed by atoms with van der Waals surface area (Å²) in [5, 5.41) is 5.91. The standard InChI is InChI=1S/C24H26N4O2/c1-16-15-17(2)26-22(25-16)24(23(30)27-19(4)29,21-13-9-6-10-14-21)28-18(3)20-11-7-5-8-12-20/h5-15,18,28H,1-4H3,(H,27,29,30)/t18-,24+/m1/s1. The van der Waals surface area contributed by atoms with Crippen LogP contribution in [0.15, 0.2) is 66.7 Å². The number of amides is 2. The van der Waals surface area contributed by atoms with E-state index >= 15 is 0 Å². The van der Waals surface area contributed by atoms with Crippen molar-refractivity contribution in [3.8, 4) is 0 Å². The SMILES string of the molecule is CC(=O)NC(=O)[C@](N[C@H](C)c1ccccc1)(c1ccccc1)c1nc(C)cc(C)n1. The van der Waals surface area contributed by atoms with Crippen molar-refractivity contribution in [1.82, 2.24) is 20.6 Å². The van der Waals surface area contributed by atoms with Gasteiger partial charge >= 0.3 is 0 Å². The number of hydrogen-bond acceptors (Lipinski definition) is 5. The summed E-state index contributed by atoms with van der Waals surface area (Å²) in [6.07, 6.45) is 0. The first-order chi connectivity index (χ1) is 14.3. The fraction of sp³-hybridized carbons (Fsp3) is 0.250. The average Bonchev–Trinajstić information content (AvgIpc) is 2.72. The molecule has 6 nitrogen and oxygen atoms in total. The molecule has 0 aliphatic heterocycles. The lowest BCUT2D eigenvalue weighted by atomic mass is 9.85. The molecule has 1 heterocycles. The molecule has 3 rings (SSSR count). The van der Waals surface area contributed by atoms with E-state index in [1.807, 2.05) is 87.5 Å². The van der Waals surface area contributed by atoms with Crippen molar-refractivity contribution in [2.75, 3.05) is 0 Å². The Bertz CT molecular complexity index is 1020. The van der Waals surface area contributed by atoms with Crippen LogP contribution in [-0.2, 0) is 15.1 Å². The van der Waals surface area contributed by atoms with Gasteiger partial charge in [-0.25, -0.2) is 9.97 Å². The quantitative estimate of drug-likeness (QED) is 0.661. The van der Waals surface area contributed by atoms with E-state index in [0.717, 1.165) is 17.0 Å². The molecule has 6 heteroatoms. The molecule has 0 saturated carbocycles. The molecule has 0 aliphatic rings. The second-order valence-electron chi connectivity index (χ2n) is 7.38. The van der Waals surface area contributed by atoms with E-state index in [1.54, 1.807) is 0 Å². The first kappa shape index (κ1) is 21.3. The maximum Gasteiger partial charge on any atom is 0.259 e. The first-order valence-electron chi connectivity index (χ1n) is 9.86. The third-order valence-electron chi connectivity index (χ3n) is 4.89. The number of nitrogens with one attached hydrogen (secondary N) is 2. The molecule has 0 fully saturated rings. The molecule has 30 heavy (non-hydrogen) atoms. The van der Waals surface area contributed by atoms with E-state index in [2.05, 4.69) is 20.6 Å². The average molecular weight is 402 g/mol. The normalized spacial score (nSPS) is 13.9. The van der Waals surface area contributed by atoms with Crippen LogP contribution in [0.25, 0.3) is 0 Å². The number of benzene rings is 2. The molecule has 2 amide bonds. The van der Waals surface area contributed by atoms with E-state index in [9.17, 15) is 9.59 Å².